The molecule has 8 heteroatoms. The van der Waals surface area contributed by atoms with Crippen molar-refractivity contribution in [3.05, 3.63) is 59.7 Å². The number of anilines is 1. The standard InChI is InChI=1S/C25H33N3O4S/c1-18-4-3-5-20(16-18)14-15-26-25(30)22-8-6-21(7-9-22)17-27-33(31,32)24-12-10-23(11-13-24)28-19(2)29/h3-5,10-13,16,21-22,27H,6-9,14-15,17H2,1-2H3,(H,26,30)(H,28,29). The summed E-state index contributed by atoms with van der Waals surface area (Å²) in [5.41, 5.74) is 2.99. The number of hydrogen-bond donors (Lipinski definition) is 3. The molecule has 0 saturated heterocycles. The van der Waals surface area contributed by atoms with E-state index in [0.29, 0.717) is 18.8 Å². The summed E-state index contributed by atoms with van der Waals surface area (Å²) in [6, 6.07) is 14.4. The monoisotopic (exact) mass is 471 g/mol. The second-order valence-corrected chi connectivity index (χ2v) is 10.6. The summed E-state index contributed by atoms with van der Waals surface area (Å²) < 4.78 is 27.8. The van der Waals surface area contributed by atoms with Crippen molar-refractivity contribution < 1.29 is 18.0 Å². The molecule has 0 aromatic heterocycles. The Labute approximate surface area is 196 Å². The molecule has 1 saturated carbocycles. The Morgan fingerprint density at radius 2 is 1.70 bits per heavy atom. The van der Waals surface area contributed by atoms with Gasteiger partial charge in [0.05, 0.1) is 4.90 Å². The van der Waals surface area contributed by atoms with Crippen LogP contribution >= 0.6 is 0 Å². The zero-order valence-corrected chi connectivity index (χ0v) is 20.1. The number of aryl methyl sites for hydroxylation is 1. The number of rotatable bonds is 9. The number of amides is 2. The first kappa shape index (κ1) is 24.9. The van der Waals surface area contributed by atoms with Crippen LogP contribution in [0.1, 0.15) is 43.7 Å². The van der Waals surface area contributed by atoms with E-state index in [4.69, 9.17) is 0 Å². The Balaban J connectivity index is 1.39. The molecule has 3 rings (SSSR count). The zero-order valence-electron chi connectivity index (χ0n) is 19.3. The van der Waals surface area contributed by atoms with Crippen molar-refractivity contribution in [2.24, 2.45) is 11.8 Å². The number of carbonyl (C=O) groups excluding carboxylic acids is 2. The van der Waals surface area contributed by atoms with E-state index in [1.807, 2.05) is 6.07 Å². The molecule has 0 bridgehead atoms. The van der Waals surface area contributed by atoms with Gasteiger partial charge in [0.1, 0.15) is 0 Å². The smallest absolute Gasteiger partial charge is 0.240 e. The van der Waals surface area contributed by atoms with E-state index in [-0.39, 0.29) is 28.5 Å². The molecule has 0 heterocycles. The van der Waals surface area contributed by atoms with Crippen LogP contribution in [0.4, 0.5) is 5.69 Å². The summed E-state index contributed by atoms with van der Waals surface area (Å²) >= 11 is 0. The van der Waals surface area contributed by atoms with Gasteiger partial charge in [0, 0.05) is 31.6 Å². The maximum absolute atomic E-state index is 12.6. The lowest BCUT2D eigenvalue weighted by atomic mass is 9.81. The van der Waals surface area contributed by atoms with Crippen LogP contribution in [0.5, 0.6) is 0 Å². The predicted molar refractivity (Wildman–Crippen MR) is 129 cm³/mol. The Kier molecular flexibility index (Phi) is 8.63. The van der Waals surface area contributed by atoms with Gasteiger partial charge in [0.25, 0.3) is 0 Å². The van der Waals surface area contributed by atoms with Crippen molar-refractivity contribution in [2.75, 3.05) is 18.4 Å². The van der Waals surface area contributed by atoms with Crippen LogP contribution in [0.3, 0.4) is 0 Å². The van der Waals surface area contributed by atoms with Crippen molar-refractivity contribution in [1.29, 1.82) is 0 Å². The van der Waals surface area contributed by atoms with E-state index in [1.54, 1.807) is 12.1 Å². The van der Waals surface area contributed by atoms with Crippen LogP contribution in [0, 0.1) is 18.8 Å². The third-order valence-electron chi connectivity index (χ3n) is 6.06. The molecule has 3 N–H and O–H groups in total. The second kappa shape index (κ2) is 11.4. The van der Waals surface area contributed by atoms with Gasteiger partial charge in [-0.3, -0.25) is 9.59 Å². The molecule has 33 heavy (non-hydrogen) atoms. The molecule has 7 nitrogen and oxygen atoms in total. The van der Waals surface area contributed by atoms with E-state index >= 15 is 0 Å². The van der Waals surface area contributed by atoms with Gasteiger partial charge in [-0.05, 0) is 74.8 Å². The van der Waals surface area contributed by atoms with Gasteiger partial charge in [-0.2, -0.15) is 0 Å². The number of hydrogen-bond acceptors (Lipinski definition) is 4. The summed E-state index contributed by atoms with van der Waals surface area (Å²) in [6.45, 7) is 4.45. The van der Waals surface area contributed by atoms with Gasteiger partial charge < -0.3 is 10.6 Å². The molecule has 0 radical (unpaired) electrons. The number of carbonyl (C=O) groups is 2. The quantitative estimate of drug-likeness (QED) is 0.521. The van der Waals surface area contributed by atoms with Crippen LogP contribution < -0.4 is 15.4 Å². The maximum Gasteiger partial charge on any atom is 0.240 e. The number of sulfonamides is 1. The molecule has 2 aromatic carbocycles. The topological polar surface area (TPSA) is 104 Å². The summed E-state index contributed by atoms with van der Waals surface area (Å²) in [5.74, 6) is 0.103. The molecule has 0 aliphatic heterocycles. The highest BCUT2D eigenvalue weighted by Crippen LogP contribution is 2.29. The van der Waals surface area contributed by atoms with Crippen molar-refractivity contribution in [3.8, 4) is 0 Å². The summed E-state index contributed by atoms with van der Waals surface area (Å²) in [5, 5.41) is 5.67. The normalized spacial score (nSPS) is 18.5. The summed E-state index contributed by atoms with van der Waals surface area (Å²) in [4.78, 5) is 23.8. The van der Waals surface area contributed by atoms with E-state index in [2.05, 4.69) is 40.5 Å². The molecule has 0 spiro atoms. The molecule has 1 aliphatic carbocycles. The number of nitrogens with one attached hydrogen (secondary N) is 3. The fourth-order valence-corrected chi connectivity index (χ4v) is 5.32. The van der Waals surface area contributed by atoms with Crippen LogP contribution in [0.15, 0.2) is 53.4 Å². The van der Waals surface area contributed by atoms with Gasteiger partial charge in [0.2, 0.25) is 21.8 Å². The van der Waals surface area contributed by atoms with Crippen LogP contribution in [0.25, 0.3) is 0 Å². The van der Waals surface area contributed by atoms with Crippen molar-refractivity contribution in [2.45, 2.75) is 50.8 Å². The highest BCUT2D eigenvalue weighted by molar-refractivity contribution is 7.89. The Hall–Kier alpha value is -2.71. The fourth-order valence-electron chi connectivity index (χ4n) is 4.20. The lowest BCUT2D eigenvalue weighted by molar-refractivity contribution is -0.126. The molecule has 0 unspecified atom stereocenters. The highest BCUT2D eigenvalue weighted by Gasteiger charge is 2.27. The first-order chi connectivity index (χ1) is 15.7. The first-order valence-corrected chi connectivity index (χ1v) is 12.9. The van der Waals surface area contributed by atoms with Crippen molar-refractivity contribution in [1.82, 2.24) is 10.0 Å². The SMILES string of the molecule is CC(=O)Nc1ccc(S(=O)(=O)NCC2CCC(C(=O)NCCc3cccc(C)c3)CC2)cc1. The predicted octanol–water partition coefficient (Wildman–Crippen LogP) is 3.40. The highest BCUT2D eigenvalue weighted by atomic mass is 32.2. The zero-order chi connectivity index (χ0) is 23.8. The first-order valence-electron chi connectivity index (χ1n) is 11.4. The van der Waals surface area contributed by atoms with E-state index in [9.17, 15) is 18.0 Å². The van der Waals surface area contributed by atoms with E-state index in [0.717, 1.165) is 32.1 Å². The molecule has 1 aliphatic rings. The second-order valence-electron chi connectivity index (χ2n) is 8.81. The van der Waals surface area contributed by atoms with Gasteiger partial charge in [0.15, 0.2) is 0 Å². The Bertz CT molecular complexity index is 1060. The molecular weight excluding hydrogens is 438 g/mol. The van der Waals surface area contributed by atoms with E-state index in [1.165, 1.54) is 30.2 Å². The van der Waals surface area contributed by atoms with Gasteiger partial charge in [-0.1, -0.05) is 29.8 Å². The van der Waals surface area contributed by atoms with Gasteiger partial charge in [-0.15, -0.1) is 0 Å². The molecular formula is C25H33N3O4S. The van der Waals surface area contributed by atoms with Crippen LogP contribution in [-0.2, 0) is 26.0 Å². The van der Waals surface area contributed by atoms with E-state index < -0.39 is 10.0 Å². The van der Waals surface area contributed by atoms with Crippen molar-refractivity contribution >= 4 is 27.5 Å². The largest absolute Gasteiger partial charge is 0.356 e. The lowest BCUT2D eigenvalue weighted by Gasteiger charge is -2.28. The molecule has 1 fully saturated rings. The molecule has 2 aromatic rings. The average Bonchev–Trinajstić information content (AvgIpc) is 2.78. The molecule has 2 amide bonds. The van der Waals surface area contributed by atoms with Crippen LogP contribution in [0.2, 0.25) is 0 Å². The Morgan fingerprint density at radius 3 is 2.33 bits per heavy atom. The minimum Gasteiger partial charge on any atom is -0.356 e. The number of benzene rings is 2. The third-order valence-corrected chi connectivity index (χ3v) is 7.50. The van der Waals surface area contributed by atoms with Crippen LogP contribution in [-0.4, -0.2) is 33.3 Å². The Morgan fingerprint density at radius 1 is 1.00 bits per heavy atom. The minimum absolute atomic E-state index is 0.00307. The van der Waals surface area contributed by atoms with Gasteiger partial charge in [-0.25, -0.2) is 13.1 Å². The summed E-state index contributed by atoms with van der Waals surface area (Å²) in [7, 11) is -3.62. The minimum atomic E-state index is -3.62. The maximum atomic E-state index is 12.6. The third kappa shape index (κ3) is 7.68. The lowest BCUT2D eigenvalue weighted by Crippen LogP contribution is -2.36. The summed E-state index contributed by atoms with van der Waals surface area (Å²) in [6.07, 6.45) is 4.00. The average molecular weight is 472 g/mol. The van der Waals surface area contributed by atoms with Gasteiger partial charge >= 0.3 is 0 Å². The molecule has 178 valence electrons. The molecule has 0 atom stereocenters. The van der Waals surface area contributed by atoms with Crippen molar-refractivity contribution in [3.63, 3.8) is 0 Å². The fraction of sp³-hybridized carbons (Fsp3) is 0.440.